The molecule has 0 aromatic carbocycles. The summed E-state index contributed by atoms with van der Waals surface area (Å²) in [5.74, 6) is 0. The molecule has 2 aromatic heterocycles. The monoisotopic (exact) mass is 375 g/mol. The van der Waals surface area contributed by atoms with E-state index >= 15 is 0 Å². The predicted octanol–water partition coefficient (Wildman–Crippen LogP) is 4.47. The van der Waals surface area contributed by atoms with Gasteiger partial charge in [0, 0.05) is 49.0 Å². The summed E-state index contributed by atoms with van der Waals surface area (Å²) in [7, 11) is 2.00. The SMILES string of the molecule is CCOCC[C@]1(CCc2cccs2)CCN(C(C)(C)c2cnn(C)c2)C1. The lowest BCUT2D eigenvalue weighted by atomic mass is 9.79. The van der Waals surface area contributed by atoms with Gasteiger partial charge in [0.15, 0.2) is 0 Å². The molecule has 0 saturated carbocycles. The zero-order valence-electron chi connectivity index (χ0n) is 16.7. The highest BCUT2D eigenvalue weighted by atomic mass is 32.1. The van der Waals surface area contributed by atoms with Gasteiger partial charge in [-0.05, 0) is 69.9 Å². The number of likely N-dealkylation sites (tertiary alicyclic amines) is 1. The maximum absolute atomic E-state index is 5.74. The summed E-state index contributed by atoms with van der Waals surface area (Å²) in [6.07, 6.45) is 9.03. The molecule has 0 amide bonds. The number of nitrogens with zero attached hydrogens (tertiary/aromatic N) is 3. The second kappa shape index (κ2) is 8.24. The summed E-state index contributed by atoms with van der Waals surface area (Å²) in [6, 6.07) is 4.44. The Morgan fingerprint density at radius 1 is 1.35 bits per heavy atom. The van der Waals surface area contributed by atoms with Gasteiger partial charge < -0.3 is 4.74 Å². The summed E-state index contributed by atoms with van der Waals surface area (Å²) in [6.45, 7) is 10.7. The number of aromatic nitrogens is 2. The average Bonchev–Trinajstić information content (AvgIpc) is 3.34. The molecule has 2 aromatic rings. The number of aryl methyl sites for hydroxylation is 2. The van der Waals surface area contributed by atoms with Crippen LogP contribution in [-0.4, -0.2) is 41.0 Å². The fraction of sp³-hybridized carbons (Fsp3) is 0.667. The summed E-state index contributed by atoms with van der Waals surface area (Å²) >= 11 is 1.88. The highest BCUT2D eigenvalue weighted by Gasteiger charge is 2.43. The molecule has 0 unspecified atom stereocenters. The van der Waals surface area contributed by atoms with Gasteiger partial charge in [-0.15, -0.1) is 11.3 Å². The smallest absolute Gasteiger partial charge is 0.0540 e. The molecule has 144 valence electrons. The Labute approximate surface area is 162 Å². The molecule has 4 nitrogen and oxygen atoms in total. The first kappa shape index (κ1) is 19.6. The van der Waals surface area contributed by atoms with Gasteiger partial charge in [-0.25, -0.2) is 0 Å². The summed E-state index contributed by atoms with van der Waals surface area (Å²) < 4.78 is 7.65. The lowest BCUT2D eigenvalue weighted by Crippen LogP contribution is -2.41. The first-order chi connectivity index (χ1) is 12.5. The topological polar surface area (TPSA) is 30.3 Å². The minimum absolute atomic E-state index is 0.0184. The zero-order valence-corrected chi connectivity index (χ0v) is 17.5. The Balaban J connectivity index is 1.71. The first-order valence-electron chi connectivity index (χ1n) is 9.79. The molecule has 1 fully saturated rings. The van der Waals surface area contributed by atoms with Crippen molar-refractivity contribution in [3.05, 3.63) is 40.3 Å². The number of hydrogen-bond donors (Lipinski definition) is 0. The number of rotatable bonds is 9. The Hall–Kier alpha value is -1.17. The van der Waals surface area contributed by atoms with E-state index in [2.05, 4.69) is 54.5 Å². The van der Waals surface area contributed by atoms with Gasteiger partial charge in [-0.1, -0.05) is 6.07 Å². The van der Waals surface area contributed by atoms with E-state index in [4.69, 9.17) is 4.74 Å². The predicted molar refractivity (Wildman–Crippen MR) is 109 cm³/mol. The summed E-state index contributed by atoms with van der Waals surface area (Å²) in [4.78, 5) is 4.16. The second-order valence-electron chi connectivity index (χ2n) is 8.16. The van der Waals surface area contributed by atoms with Crippen molar-refractivity contribution in [2.75, 3.05) is 26.3 Å². The highest BCUT2D eigenvalue weighted by Crippen LogP contribution is 2.43. The van der Waals surface area contributed by atoms with Crippen LogP contribution in [-0.2, 0) is 23.7 Å². The van der Waals surface area contributed by atoms with Gasteiger partial charge >= 0.3 is 0 Å². The van der Waals surface area contributed by atoms with Crippen molar-refractivity contribution in [2.24, 2.45) is 12.5 Å². The molecule has 0 aliphatic carbocycles. The Morgan fingerprint density at radius 2 is 2.19 bits per heavy atom. The molecule has 0 radical (unpaired) electrons. The van der Waals surface area contributed by atoms with Crippen LogP contribution in [0.3, 0.4) is 0 Å². The van der Waals surface area contributed by atoms with E-state index in [9.17, 15) is 0 Å². The van der Waals surface area contributed by atoms with Crippen molar-refractivity contribution in [3.8, 4) is 0 Å². The van der Waals surface area contributed by atoms with E-state index in [1.807, 2.05) is 29.3 Å². The fourth-order valence-corrected chi connectivity index (χ4v) is 4.85. The molecular formula is C21H33N3OS. The van der Waals surface area contributed by atoms with Crippen molar-refractivity contribution >= 4 is 11.3 Å². The second-order valence-corrected chi connectivity index (χ2v) is 9.19. The van der Waals surface area contributed by atoms with Gasteiger partial charge in [0.05, 0.1) is 6.20 Å². The lowest BCUT2D eigenvalue weighted by molar-refractivity contribution is 0.0837. The molecule has 1 atom stereocenters. The zero-order chi connectivity index (χ0) is 18.6. The third kappa shape index (κ3) is 4.38. The molecule has 0 bridgehead atoms. The van der Waals surface area contributed by atoms with E-state index in [0.717, 1.165) is 32.7 Å². The lowest BCUT2D eigenvalue weighted by Gasteiger charge is -2.37. The molecule has 3 rings (SSSR count). The van der Waals surface area contributed by atoms with Gasteiger partial charge in [0.25, 0.3) is 0 Å². The van der Waals surface area contributed by atoms with Gasteiger partial charge in [-0.2, -0.15) is 5.10 Å². The largest absolute Gasteiger partial charge is 0.382 e. The van der Waals surface area contributed by atoms with Crippen LogP contribution in [0, 0.1) is 5.41 Å². The molecule has 0 spiro atoms. The number of hydrogen-bond acceptors (Lipinski definition) is 4. The molecule has 0 N–H and O–H groups in total. The maximum atomic E-state index is 5.74. The molecule has 1 saturated heterocycles. The van der Waals surface area contributed by atoms with Gasteiger partial charge in [-0.3, -0.25) is 9.58 Å². The van der Waals surface area contributed by atoms with Crippen LogP contribution in [0.4, 0.5) is 0 Å². The molecule has 1 aliphatic heterocycles. The van der Waals surface area contributed by atoms with Crippen LogP contribution in [0.25, 0.3) is 0 Å². The summed E-state index contributed by atoms with van der Waals surface area (Å²) in [5.41, 5.74) is 1.68. The van der Waals surface area contributed by atoms with Crippen LogP contribution in [0.5, 0.6) is 0 Å². The highest BCUT2D eigenvalue weighted by molar-refractivity contribution is 7.09. The molecule has 5 heteroatoms. The third-order valence-electron chi connectivity index (χ3n) is 6.10. The van der Waals surface area contributed by atoms with Gasteiger partial charge in [0.2, 0.25) is 0 Å². The van der Waals surface area contributed by atoms with Crippen LogP contribution in [0.2, 0.25) is 0 Å². The normalized spacial score (nSPS) is 21.5. The van der Waals surface area contributed by atoms with E-state index in [0.29, 0.717) is 5.41 Å². The van der Waals surface area contributed by atoms with E-state index < -0.39 is 0 Å². The van der Waals surface area contributed by atoms with E-state index in [-0.39, 0.29) is 5.54 Å². The average molecular weight is 376 g/mol. The minimum atomic E-state index is 0.0184. The fourth-order valence-electron chi connectivity index (χ4n) is 4.14. The van der Waals surface area contributed by atoms with Crippen molar-refractivity contribution in [3.63, 3.8) is 0 Å². The molecule has 26 heavy (non-hydrogen) atoms. The molecular weight excluding hydrogens is 342 g/mol. The van der Waals surface area contributed by atoms with Crippen LogP contribution >= 0.6 is 11.3 Å². The third-order valence-corrected chi connectivity index (χ3v) is 7.04. The first-order valence-corrected chi connectivity index (χ1v) is 10.7. The Morgan fingerprint density at radius 3 is 2.85 bits per heavy atom. The van der Waals surface area contributed by atoms with Crippen LogP contribution < -0.4 is 0 Å². The van der Waals surface area contributed by atoms with Gasteiger partial charge in [0.1, 0.15) is 0 Å². The Bertz CT molecular complexity index is 679. The van der Waals surface area contributed by atoms with Crippen molar-refractivity contribution < 1.29 is 4.74 Å². The summed E-state index contributed by atoms with van der Waals surface area (Å²) in [5, 5.41) is 6.58. The maximum Gasteiger partial charge on any atom is 0.0540 e. The van der Waals surface area contributed by atoms with Crippen LogP contribution in [0.1, 0.15) is 50.5 Å². The molecule has 1 aliphatic rings. The Kier molecular flexibility index (Phi) is 6.21. The van der Waals surface area contributed by atoms with E-state index in [1.165, 1.54) is 29.7 Å². The molecule has 3 heterocycles. The minimum Gasteiger partial charge on any atom is -0.382 e. The van der Waals surface area contributed by atoms with Crippen molar-refractivity contribution in [1.29, 1.82) is 0 Å². The number of ether oxygens (including phenoxy) is 1. The van der Waals surface area contributed by atoms with Crippen molar-refractivity contribution in [2.45, 2.75) is 52.0 Å². The van der Waals surface area contributed by atoms with Crippen molar-refractivity contribution in [1.82, 2.24) is 14.7 Å². The van der Waals surface area contributed by atoms with E-state index in [1.54, 1.807) is 0 Å². The quantitative estimate of drug-likeness (QED) is 0.606. The van der Waals surface area contributed by atoms with Crippen LogP contribution in [0.15, 0.2) is 29.9 Å². The standard InChI is InChI=1S/C21H33N3OS/c1-5-25-13-11-21(9-8-19-7-6-14-26-19)10-12-24(17-21)20(2,3)18-15-22-23(4)16-18/h6-7,14-16H,5,8-13,17H2,1-4H3/t21-/m0/s1. The number of thiophene rings is 1.